The van der Waals surface area contributed by atoms with Gasteiger partial charge in [0.2, 0.25) is 5.91 Å². The van der Waals surface area contributed by atoms with Gasteiger partial charge in [0.15, 0.2) is 0 Å². The summed E-state index contributed by atoms with van der Waals surface area (Å²) in [4.78, 5) is 22.2. The van der Waals surface area contributed by atoms with E-state index in [0.29, 0.717) is 18.7 Å². The molecule has 0 spiro atoms. The molecule has 1 saturated carbocycles. The van der Waals surface area contributed by atoms with E-state index < -0.39 is 4.92 Å². The molecule has 21 heavy (non-hydrogen) atoms. The van der Waals surface area contributed by atoms with Crippen LogP contribution in [0.2, 0.25) is 0 Å². The molecule has 1 aromatic heterocycles. The van der Waals surface area contributed by atoms with Gasteiger partial charge in [-0.2, -0.15) is 5.10 Å². The van der Waals surface area contributed by atoms with Crippen molar-refractivity contribution in [1.29, 1.82) is 0 Å². The lowest BCUT2D eigenvalue weighted by atomic mass is 10.1. The van der Waals surface area contributed by atoms with Crippen LogP contribution >= 0.6 is 0 Å². The molecule has 1 N–H and O–H groups in total. The molecular weight excluding hydrogens is 272 g/mol. The zero-order chi connectivity index (χ0) is 15.2. The summed E-state index contributed by atoms with van der Waals surface area (Å²) in [5, 5.41) is 17.9. The average molecular weight is 294 g/mol. The van der Waals surface area contributed by atoms with Gasteiger partial charge in [-0.3, -0.25) is 19.6 Å². The monoisotopic (exact) mass is 294 g/mol. The van der Waals surface area contributed by atoms with Crippen molar-refractivity contribution in [3.8, 4) is 0 Å². The van der Waals surface area contributed by atoms with Crippen LogP contribution in [0.1, 0.15) is 50.6 Å². The molecule has 0 radical (unpaired) electrons. The maximum atomic E-state index is 11.9. The second kappa shape index (κ2) is 7.19. The highest BCUT2D eigenvalue weighted by molar-refractivity contribution is 5.76. The lowest BCUT2D eigenvalue weighted by Gasteiger charge is -2.16. The van der Waals surface area contributed by atoms with Crippen LogP contribution in [0.15, 0.2) is 6.20 Å². The number of hydrogen-bond donors (Lipinski definition) is 1. The van der Waals surface area contributed by atoms with Crippen LogP contribution in [-0.4, -0.2) is 26.7 Å². The summed E-state index contributed by atoms with van der Waals surface area (Å²) in [5.41, 5.74) is 0.378. The largest absolute Gasteiger partial charge is 0.353 e. The van der Waals surface area contributed by atoms with Gasteiger partial charge in [-0.15, -0.1) is 0 Å². The summed E-state index contributed by atoms with van der Waals surface area (Å²) >= 11 is 0. The first kappa shape index (κ1) is 15.5. The topological polar surface area (TPSA) is 90.1 Å². The Morgan fingerprint density at radius 1 is 1.43 bits per heavy atom. The maximum absolute atomic E-state index is 11.9. The van der Waals surface area contributed by atoms with Gasteiger partial charge in [-0.1, -0.05) is 25.7 Å². The van der Waals surface area contributed by atoms with Gasteiger partial charge in [0.1, 0.15) is 11.9 Å². The smallest absolute Gasteiger partial charge is 0.309 e. The molecule has 116 valence electrons. The van der Waals surface area contributed by atoms with Crippen LogP contribution in [0, 0.1) is 17.0 Å². The number of nitrogens with zero attached hydrogens (tertiary/aromatic N) is 3. The Bertz CT molecular complexity index is 504. The number of nitro groups is 1. The van der Waals surface area contributed by atoms with Gasteiger partial charge < -0.3 is 5.32 Å². The van der Waals surface area contributed by atoms with E-state index in [1.54, 1.807) is 6.92 Å². The van der Waals surface area contributed by atoms with Crippen molar-refractivity contribution in [2.75, 3.05) is 0 Å². The van der Waals surface area contributed by atoms with E-state index in [9.17, 15) is 14.9 Å². The average Bonchev–Trinajstić information content (AvgIpc) is 2.63. The first-order chi connectivity index (χ1) is 10.1. The molecule has 1 aromatic rings. The Morgan fingerprint density at radius 3 is 2.67 bits per heavy atom. The normalized spacial score (nSPS) is 16.4. The number of rotatable bonds is 5. The molecule has 1 heterocycles. The van der Waals surface area contributed by atoms with Crippen molar-refractivity contribution in [1.82, 2.24) is 15.1 Å². The lowest BCUT2D eigenvalue weighted by Crippen LogP contribution is -2.34. The molecule has 0 aromatic carbocycles. The van der Waals surface area contributed by atoms with Crippen LogP contribution < -0.4 is 5.32 Å². The fraction of sp³-hybridized carbons (Fsp3) is 0.714. The SMILES string of the molecule is Cc1nn(CCC(=O)NC2CCCCCC2)cc1[N+](=O)[O-]. The van der Waals surface area contributed by atoms with Gasteiger partial charge in [-0.25, -0.2) is 0 Å². The Morgan fingerprint density at radius 2 is 2.10 bits per heavy atom. The van der Waals surface area contributed by atoms with Crippen LogP contribution in [0.3, 0.4) is 0 Å². The minimum Gasteiger partial charge on any atom is -0.353 e. The van der Waals surface area contributed by atoms with Gasteiger partial charge in [0.05, 0.1) is 4.92 Å². The minimum absolute atomic E-state index is 0.000763. The number of aromatic nitrogens is 2. The molecule has 7 nitrogen and oxygen atoms in total. The number of nitrogens with one attached hydrogen (secondary N) is 1. The fourth-order valence-electron chi connectivity index (χ4n) is 2.74. The van der Waals surface area contributed by atoms with Crippen LogP contribution in [0.25, 0.3) is 0 Å². The molecule has 1 amide bonds. The van der Waals surface area contributed by atoms with E-state index in [1.807, 2.05) is 0 Å². The first-order valence-corrected chi connectivity index (χ1v) is 7.54. The standard InChI is InChI=1S/C14H22N4O3/c1-11-13(18(20)21)10-17(16-11)9-8-14(19)15-12-6-4-2-3-5-7-12/h10,12H,2-9H2,1H3,(H,15,19). The quantitative estimate of drug-likeness (QED) is 0.512. The molecular formula is C14H22N4O3. The highest BCUT2D eigenvalue weighted by Gasteiger charge is 2.17. The number of carbonyl (C=O) groups excluding carboxylic acids is 1. The highest BCUT2D eigenvalue weighted by Crippen LogP contribution is 2.17. The zero-order valence-corrected chi connectivity index (χ0v) is 12.4. The summed E-state index contributed by atoms with van der Waals surface area (Å²) in [5.74, 6) is -0.00212. The minimum atomic E-state index is -0.454. The Balaban J connectivity index is 1.80. The van der Waals surface area contributed by atoms with Crippen LogP contribution in [-0.2, 0) is 11.3 Å². The van der Waals surface area contributed by atoms with Crippen molar-refractivity contribution < 1.29 is 9.72 Å². The molecule has 0 saturated heterocycles. The van der Waals surface area contributed by atoms with Gasteiger partial charge in [-0.05, 0) is 19.8 Å². The Hall–Kier alpha value is -1.92. The molecule has 1 aliphatic rings. The molecule has 0 aliphatic heterocycles. The summed E-state index contributed by atoms with van der Waals surface area (Å²) in [6.45, 7) is 1.97. The third-order valence-corrected chi connectivity index (χ3v) is 3.91. The Kier molecular flexibility index (Phi) is 5.30. The van der Waals surface area contributed by atoms with Crippen molar-refractivity contribution in [3.63, 3.8) is 0 Å². The molecule has 2 rings (SSSR count). The third-order valence-electron chi connectivity index (χ3n) is 3.91. The summed E-state index contributed by atoms with van der Waals surface area (Å²) in [6.07, 6.45) is 8.65. The molecule has 1 aliphatic carbocycles. The van der Waals surface area contributed by atoms with Crippen molar-refractivity contribution in [2.24, 2.45) is 0 Å². The summed E-state index contributed by atoms with van der Waals surface area (Å²) < 4.78 is 1.47. The second-order valence-corrected chi connectivity index (χ2v) is 5.63. The second-order valence-electron chi connectivity index (χ2n) is 5.63. The number of hydrogen-bond acceptors (Lipinski definition) is 4. The van der Waals surface area contributed by atoms with E-state index in [4.69, 9.17) is 0 Å². The van der Waals surface area contributed by atoms with E-state index in [0.717, 1.165) is 12.8 Å². The maximum Gasteiger partial charge on any atom is 0.309 e. The summed E-state index contributed by atoms with van der Waals surface area (Å²) in [7, 11) is 0. The molecule has 0 bridgehead atoms. The van der Waals surface area contributed by atoms with Gasteiger partial charge in [0.25, 0.3) is 0 Å². The van der Waals surface area contributed by atoms with Crippen molar-refractivity contribution in [3.05, 3.63) is 22.0 Å². The van der Waals surface area contributed by atoms with E-state index in [2.05, 4.69) is 10.4 Å². The summed E-state index contributed by atoms with van der Waals surface area (Å²) in [6, 6.07) is 0.286. The zero-order valence-electron chi connectivity index (χ0n) is 12.4. The van der Waals surface area contributed by atoms with Crippen LogP contribution in [0.5, 0.6) is 0 Å². The molecule has 1 fully saturated rings. The number of carbonyl (C=O) groups is 1. The van der Waals surface area contributed by atoms with E-state index >= 15 is 0 Å². The predicted molar refractivity (Wildman–Crippen MR) is 77.9 cm³/mol. The van der Waals surface area contributed by atoms with E-state index in [-0.39, 0.29) is 17.6 Å². The molecule has 0 atom stereocenters. The lowest BCUT2D eigenvalue weighted by molar-refractivity contribution is -0.385. The van der Waals surface area contributed by atoms with E-state index in [1.165, 1.54) is 36.6 Å². The van der Waals surface area contributed by atoms with Gasteiger partial charge >= 0.3 is 5.69 Å². The fourth-order valence-corrected chi connectivity index (χ4v) is 2.74. The molecule has 0 unspecified atom stereocenters. The predicted octanol–water partition coefficient (Wildman–Crippen LogP) is 2.33. The van der Waals surface area contributed by atoms with Gasteiger partial charge in [0, 0.05) is 19.0 Å². The molecule has 7 heteroatoms. The van der Waals surface area contributed by atoms with Crippen molar-refractivity contribution in [2.45, 2.75) is 64.5 Å². The van der Waals surface area contributed by atoms with Crippen LogP contribution in [0.4, 0.5) is 5.69 Å². The number of aryl methyl sites for hydroxylation is 2. The van der Waals surface area contributed by atoms with Crippen molar-refractivity contribution >= 4 is 11.6 Å². The Labute approximate surface area is 123 Å². The third kappa shape index (κ3) is 4.54. The number of amides is 1. The first-order valence-electron chi connectivity index (χ1n) is 7.54. The highest BCUT2D eigenvalue weighted by atomic mass is 16.6.